The lowest BCUT2D eigenvalue weighted by Gasteiger charge is -2.38. The minimum Gasteiger partial charge on any atom is -0.362 e. The Morgan fingerprint density at radius 1 is 1.19 bits per heavy atom. The molecule has 1 aromatic rings. The third kappa shape index (κ3) is 2.84. The molecule has 0 atom stereocenters. The maximum Gasteiger partial charge on any atom is 0.263 e. The topological polar surface area (TPSA) is 66.9 Å². The van der Waals surface area contributed by atoms with Crippen molar-refractivity contribution in [3.05, 3.63) is 22.4 Å². The lowest BCUT2D eigenvalue weighted by Crippen LogP contribution is -2.55. The fourth-order valence-electron chi connectivity index (χ4n) is 2.79. The molecular formula is C14H16N2O4S. The lowest BCUT2D eigenvalue weighted by molar-refractivity contribution is -0.162. The Labute approximate surface area is 126 Å². The summed E-state index contributed by atoms with van der Waals surface area (Å²) in [5, 5.41) is 1.88. The van der Waals surface area contributed by atoms with Crippen molar-refractivity contribution in [2.24, 2.45) is 0 Å². The summed E-state index contributed by atoms with van der Waals surface area (Å²) in [6.45, 7) is 1.08. The number of hydrogen-bond acceptors (Lipinski definition) is 5. The van der Waals surface area contributed by atoms with Gasteiger partial charge in [-0.2, -0.15) is 0 Å². The number of rotatable bonds is 2. The average molecular weight is 308 g/mol. The van der Waals surface area contributed by atoms with Crippen LogP contribution in [-0.2, 0) is 14.3 Å². The van der Waals surface area contributed by atoms with E-state index >= 15 is 0 Å². The number of carbonyl (C=O) groups is 3. The van der Waals surface area contributed by atoms with Crippen LogP contribution in [0.5, 0.6) is 0 Å². The van der Waals surface area contributed by atoms with Gasteiger partial charge in [0.25, 0.3) is 17.7 Å². The Balaban J connectivity index is 1.61. The maximum absolute atomic E-state index is 12.2. The summed E-state index contributed by atoms with van der Waals surface area (Å²) in [7, 11) is 0. The van der Waals surface area contributed by atoms with Crippen molar-refractivity contribution in [3.63, 3.8) is 0 Å². The van der Waals surface area contributed by atoms with E-state index in [9.17, 15) is 14.4 Å². The molecule has 0 unspecified atom stereocenters. The van der Waals surface area contributed by atoms with Crippen molar-refractivity contribution in [1.29, 1.82) is 0 Å². The summed E-state index contributed by atoms with van der Waals surface area (Å²) >= 11 is 1.43. The molecule has 112 valence electrons. The average Bonchev–Trinajstić information content (AvgIpc) is 3.01. The van der Waals surface area contributed by atoms with Gasteiger partial charge in [0.05, 0.1) is 4.88 Å². The molecule has 0 aliphatic carbocycles. The van der Waals surface area contributed by atoms with Crippen LogP contribution in [0.2, 0.25) is 0 Å². The summed E-state index contributed by atoms with van der Waals surface area (Å²) in [6.07, 6.45) is 1.27. The van der Waals surface area contributed by atoms with Gasteiger partial charge in [0.2, 0.25) is 0 Å². The Morgan fingerprint density at radius 3 is 2.43 bits per heavy atom. The minimum atomic E-state index is -0.269. The van der Waals surface area contributed by atoms with Crippen molar-refractivity contribution in [2.45, 2.75) is 18.9 Å². The summed E-state index contributed by atoms with van der Waals surface area (Å²) in [6, 6.07) is 3.56. The third-order valence-electron chi connectivity index (χ3n) is 3.84. The number of thiophene rings is 1. The fourth-order valence-corrected chi connectivity index (χ4v) is 3.49. The Kier molecular flexibility index (Phi) is 4.03. The van der Waals surface area contributed by atoms with Gasteiger partial charge in [0.15, 0.2) is 0 Å². The summed E-state index contributed by atoms with van der Waals surface area (Å²) in [4.78, 5) is 39.7. The number of ether oxygens (including phenoxy) is 1. The molecule has 2 saturated heterocycles. The van der Waals surface area contributed by atoms with Crippen LogP contribution in [0, 0.1) is 0 Å². The monoisotopic (exact) mass is 308 g/mol. The van der Waals surface area contributed by atoms with Crippen LogP contribution in [0.15, 0.2) is 17.5 Å². The zero-order chi connectivity index (χ0) is 14.8. The molecule has 0 saturated carbocycles. The SMILES string of the molecule is O=C(c1cccs1)N1CCC(N2C(=O)COCC2=O)CC1. The molecule has 3 rings (SSSR count). The third-order valence-corrected chi connectivity index (χ3v) is 4.70. The molecule has 6 nitrogen and oxygen atoms in total. The Hall–Kier alpha value is -1.73. The van der Waals surface area contributed by atoms with Gasteiger partial charge in [-0.25, -0.2) is 0 Å². The largest absolute Gasteiger partial charge is 0.362 e. The highest BCUT2D eigenvalue weighted by atomic mass is 32.1. The predicted octanol–water partition coefficient (Wildman–Crippen LogP) is 0.738. The second kappa shape index (κ2) is 5.95. The number of likely N-dealkylation sites (tertiary alicyclic amines) is 1. The number of amides is 3. The molecule has 2 fully saturated rings. The van der Waals surface area contributed by atoms with Crippen LogP contribution in [0.4, 0.5) is 0 Å². The second-order valence-electron chi connectivity index (χ2n) is 5.15. The van der Waals surface area contributed by atoms with Gasteiger partial charge in [-0.05, 0) is 24.3 Å². The van der Waals surface area contributed by atoms with Crippen molar-refractivity contribution in [3.8, 4) is 0 Å². The lowest BCUT2D eigenvalue weighted by atomic mass is 10.0. The second-order valence-corrected chi connectivity index (χ2v) is 6.10. The molecule has 3 amide bonds. The molecule has 0 spiro atoms. The van der Waals surface area contributed by atoms with Gasteiger partial charge in [-0.15, -0.1) is 11.3 Å². The first-order chi connectivity index (χ1) is 10.2. The van der Waals surface area contributed by atoms with Gasteiger partial charge >= 0.3 is 0 Å². The first kappa shape index (κ1) is 14.2. The van der Waals surface area contributed by atoms with E-state index in [1.165, 1.54) is 16.2 Å². The fraction of sp³-hybridized carbons (Fsp3) is 0.500. The highest BCUT2D eigenvalue weighted by Gasteiger charge is 2.35. The van der Waals surface area contributed by atoms with E-state index in [0.717, 1.165) is 4.88 Å². The van der Waals surface area contributed by atoms with Crippen molar-refractivity contribution in [2.75, 3.05) is 26.3 Å². The van der Waals surface area contributed by atoms with Crippen LogP contribution in [0.25, 0.3) is 0 Å². The van der Waals surface area contributed by atoms with E-state index in [0.29, 0.717) is 25.9 Å². The highest BCUT2D eigenvalue weighted by Crippen LogP contribution is 2.21. The summed E-state index contributed by atoms with van der Waals surface area (Å²) in [5.74, 6) is -0.508. The first-order valence-electron chi connectivity index (χ1n) is 6.92. The van der Waals surface area contributed by atoms with Crippen LogP contribution in [0.3, 0.4) is 0 Å². The van der Waals surface area contributed by atoms with Gasteiger partial charge in [0, 0.05) is 19.1 Å². The minimum absolute atomic E-state index is 0.0277. The van der Waals surface area contributed by atoms with E-state index in [-0.39, 0.29) is 37.0 Å². The number of piperidine rings is 1. The quantitative estimate of drug-likeness (QED) is 0.756. The smallest absolute Gasteiger partial charge is 0.263 e. The molecule has 7 heteroatoms. The molecule has 2 aliphatic heterocycles. The maximum atomic E-state index is 12.2. The van der Waals surface area contributed by atoms with Crippen molar-refractivity contribution < 1.29 is 19.1 Å². The molecule has 2 aliphatic rings. The van der Waals surface area contributed by atoms with Gasteiger partial charge in [-0.1, -0.05) is 6.07 Å². The zero-order valence-corrected chi connectivity index (χ0v) is 12.3. The van der Waals surface area contributed by atoms with Crippen molar-refractivity contribution in [1.82, 2.24) is 9.80 Å². The number of carbonyl (C=O) groups excluding carboxylic acids is 3. The van der Waals surface area contributed by atoms with E-state index in [1.807, 2.05) is 17.5 Å². The number of imide groups is 1. The summed E-state index contributed by atoms with van der Waals surface area (Å²) in [5.41, 5.74) is 0. The van der Waals surface area contributed by atoms with Crippen LogP contribution < -0.4 is 0 Å². The van der Waals surface area contributed by atoms with Gasteiger partial charge in [-0.3, -0.25) is 19.3 Å². The molecule has 0 N–H and O–H groups in total. The van der Waals surface area contributed by atoms with E-state index < -0.39 is 0 Å². The molecule has 1 aromatic heterocycles. The van der Waals surface area contributed by atoms with Crippen LogP contribution in [-0.4, -0.2) is 59.9 Å². The van der Waals surface area contributed by atoms with Crippen molar-refractivity contribution >= 4 is 29.1 Å². The zero-order valence-electron chi connectivity index (χ0n) is 11.5. The molecular weight excluding hydrogens is 292 g/mol. The molecule has 21 heavy (non-hydrogen) atoms. The number of hydrogen-bond donors (Lipinski definition) is 0. The van der Waals surface area contributed by atoms with Crippen LogP contribution >= 0.6 is 11.3 Å². The standard InChI is InChI=1S/C14H16N2O4S/c17-12-8-20-9-13(18)16(12)10-3-5-15(6-4-10)14(19)11-2-1-7-21-11/h1-2,7,10H,3-6,8-9H2. The van der Waals surface area contributed by atoms with Gasteiger partial charge in [0.1, 0.15) is 13.2 Å². The highest BCUT2D eigenvalue weighted by molar-refractivity contribution is 7.12. The number of morpholine rings is 1. The van der Waals surface area contributed by atoms with E-state index in [2.05, 4.69) is 0 Å². The predicted molar refractivity (Wildman–Crippen MR) is 75.9 cm³/mol. The van der Waals surface area contributed by atoms with Gasteiger partial charge < -0.3 is 9.64 Å². The molecule has 0 bridgehead atoms. The van der Waals surface area contributed by atoms with E-state index in [4.69, 9.17) is 4.74 Å². The van der Waals surface area contributed by atoms with E-state index in [1.54, 1.807) is 4.90 Å². The molecule has 0 radical (unpaired) electrons. The normalized spacial score (nSPS) is 21.0. The first-order valence-corrected chi connectivity index (χ1v) is 7.80. The summed E-state index contributed by atoms with van der Waals surface area (Å²) < 4.78 is 4.92. The Morgan fingerprint density at radius 2 is 1.86 bits per heavy atom. The number of nitrogens with zero attached hydrogens (tertiary/aromatic N) is 2. The Bertz CT molecular complexity index is 533. The van der Waals surface area contributed by atoms with Crippen LogP contribution in [0.1, 0.15) is 22.5 Å². The molecule has 3 heterocycles. The molecule has 0 aromatic carbocycles.